The van der Waals surface area contributed by atoms with Crippen LogP contribution in [0.3, 0.4) is 0 Å². The number of rotatable bonds is 4. The first-order valence-corrected chi connectivity index (χ1v) is 6.54. The van der Waals surface area contributed by atoms with Crippen LogP contribution < -0.4 is 11.1 Å². The van der Waals surface area contributed by atoms with Gasteiger partial charge in [-0.3, -0.25) is 4.79 Å². The van der Waals surface area contributed by atoms with Gasteiger partial charge in [0.15, 0.2) is 0 Å². The molecule has 1 unspecified atom stereocenters. The first-order valence-electron chi connectivity index (χ1n) is 5.37. The van der Waals surface area contributed by atoms with E-state index in [0.717, 1.165) is 0 Å². The van der Waals surface area contributed by atoms with E-state index in [1.807, 2.05) is 6.92 Å². The average Bonchev–Trinajstić information content (AvgIpc) is 2.32. The number of carbonyl (C=O) groups excluding carboxylic acids is 1. The number of halogens is 2. The molecular weight excluding hydrogens is 291 g/mol. The Bertz CT molecular complexity index is 493. The molecule has 1 aromatic carbocycles. The molecule has 3 nitrogen and oxygen atoms in total. The third-order valence-electron chi connectivity index (χ3n) is 2.93. The van der Waals surface area contributed by atoms with Crippen molar-refractivity contribution in [2.75, 3.05) is 5.32 Å². The standard InChI is InChI=1S/C12H14Cl2N2OS/c1-3-12(2,10(15)18)11(17)16-7-4-5-8(13)9(14)6-7/h4-6H,3H2,1-2H3,(H2,15,18)(H,16,17). The minimum absolute atomic E-state index is 0.169. The summed E-state index contributed by atoms with van der Waals surface area (Å²) >= 11 is 16.6. The lowest BCUT2D eigenvalue weighted by Gasteiger charge is -2.25. The first kappa shape index (κ1) is 15.2. The predicted molar refractivity (Wildman–Crippen MR) is 80.3 cm³/mol. The van der Waals surface area contributed by atoms with E-state index in [4.69, 9.17) is 41.2 Å². The Balaban J connectivity index is 2.93. The van der Waals surface area contributed by atoms with Crippen molar-refractivity contribution in [3.05, 3.63) is 28.2 Å². The average molecular weight is 305 g/mol. The van der Waals surface area contributed by atoms with Crippen LogP contribution in [-0.4, -0.2) is 10.9 Å². The number of nitrogens with one attached hydrogen (secondary N) is 1. The molecule has 0 aromatic heterocycles. The van der Waals surface area contributed by atoms with Gasteiger partial charge in [-0.15, -0.1) is 0 Å². The Kier molecular flexibility index (Phi) is 4.96. The molecule has 0 aliphatic carbocycles. The second kappa shape index (κ2) is 5.87. The number of nitrogens with two attached hydrogens (primary N) is 1. The molecule has 0 fully saturated rings. The molecule has 1 aromatic rings. The highest BCUT2D eigenvalue weighted by Crippen LogP contribution is 2.28. The molecular formula is C12H14Cl2N2OS. The summed E-state index contributed by atoms with van der Waals surface area (Å²) in [6.45, 7) is 3.57. The van der Waals surface area contributed by atoms with Gasteiger partial charge in [0, 0.05) is 5.69 Å². The second-order valence-electron chi connectivity index (χ2n) is 4.13. The highest BCUT2D eigenvalue weighted by Gasteiger charge is 2.34. The Morgan fingerprint density at radius 2 is 2.06 bits per heavy atom. The van der Waals surface area contributed by atoms with Crippen LogP contribution in [0.15, 0.2) is 18.2 Å². The Morgan fingerprint density at radius 3 is 2.50 bits per heavy atom. The van der Waals surface area contributed by atoms with Crippen molar-refractivity contribution in [3.8, 4) is 0 Å². The van der Waals surface area contributed by atoms with Crippen LogP contribution in [0.5, 0.6) is 0 Å². The molecule has 0 aliphatic rings. The van der Waals surface area contributed by atoms with Gasteiger partial charge in [0.1, 0.15) is 0 Å². The number of anilines is 1. The summed E-state index contributed by atoms with van der Waals surface area (Å²) in [6, 6.07) is 4.86. The van der Waals surface area contributed by atoms with Crippen molar-refractivity contribution < 1.29 is 4.79 Å². The van der Waals surface area contributed by atoms with Gasteiger partial charge in [-0.25, -0.2) is 0 Å². The van der Waals surface area contributed by atoms with E-state index in [2.05, 4.69) is 5.32 Å². The molecule has 18 heavy (non-hydrogen) atoms. The summed E-state index contributed by atoms with van der Waals surface area (Å²) in [4.78, 5) is 12.3. The summed E-state index contributed by atoms with van der Waals surface area (Å²) in [5, 5.41) is 3.54. The molecule has 0 saturated heterocycles. The molecule has 0 aliphatic heterocycles. The van der Waals surface area contributed by atoms with Gasteiger partial charge in [-0.1, -0.05) is 42.3 Å². The summed E-state index contributed by atoms with van der Waals surface area (Å²) in [5.41, 5.74) is 5.30. The minimum atomic E-state index is -0.874. The van der Waals surface area contributed by atoms with Crippen LogP contribution in [0, 0.1) is 5.41 Å². The maximum atomic E-state index is 12.1. The lowest BCUT2D eigenvalue weighted by Crippen LogP contribution is -2.43. The quantitative estimate of drug-likeness (QED) is 0.835. The van der Waals surface area contributed by atoms with E-state index in [1.54, 1.807) is 25.1 Å². The summed E-state index contributed by atoms with van der Waals surface area (Å²) in [6.07, 6.45) is 0.523. The van der Waals surface area contributed by atoms with Gasteiger partial charge in [0.2, 0.25) is 5.91 Å². The SMILES string of the molecule is CCC(C)(C(=O)Nc1ccc(Cl)c(Cl)c1)C(N)=S. The van der Waals surface area contributed by atoms with Crippen molar-refractivity contribution in [1.82, 2.24) is 0 Å². The van der Waals surface area contributed by atoms with Gasteiger partial charge in [0.25, 0.3) is 0 Å². The number of amides is 1. The van der Waals surface area contributed by atoms with Gasteiger partial charge >= 0.3 is 0 Å². The Labute approximate surface area is 122 Å². The molecule has 1 rings (SSSR count). The maximum absolute atomic E-state index is 12.1. The fourth-order valence-electron chi connectivity index (χ4n) is 1.29. The molecule has 1 amide bonds. The monoisotopic (exact) mass is 304 g/mol. The molecule has 1 atom stereocenters. The van der Waals surface area contributed by atoms with E-state index in [1.165, 1.54) is 0 Å². The molecule has 6 heteroatoms. The topological polar surface area (TPSA) is 55.1 Å². The van der Waals surface area contributed by atoms with Crippen molar-refractivity contribution in [1.29, 1.82) is 0 Å². The normalized spacial score (nSPS) is 13.8. The summed E-state index contributed by atoms with van der Waals surface area (Å²) in [7, 11) is 0. The van der Waals surface area contributed by atoms with E-state index >= 15 is 0 Å². The molecule has 0 spiro atoms. The van der Waals surface area contributed by atoms with Crippen LogP contribution in [0.4, 0.5) is 5.69 Å². The third-order valence-corrected chi connectivity index (χ3v) is 4.12. The Hall–Kier alpha value is -0.840. The van der Waals surface area contributed by atoms with Gasteiger partial charge in [0.05, 0.1) is 20.4 Å². The zero-order valence-corrected chi connectivity index (χ0v) is 12.4. The second-order valence-corrected chi connectivity index (χ2v) is 5.39. The van der Waals surface area contributed by atoms with Crippen molar-refractivity contribution >= 4 is 52.0 Å². The minimum Gasteiger partial charge on any atom is -0.392 e. The van der Waals surface area contributed by atoms with E-state index in [-0.39, 0.29) is 10.9 Å². The highest BCUT2D eigenvalue weighted by molar-refractivity contribution is 7.80. The van der Waals surface area contributed by atoms with Crippen LogP contribution in [-0.2, 0) is 4.79 Å². The van der Waals surface area contributed by atoms with Crippen LogP contribution in [0.25, 0.3) is 0 Å². The van der Waals surface area contributed by atoms with Crippen molar-refractivity contribution in [2.45, 2.75) is 20.3 Å². The Morgan fingerprint density at radius 1 is 1.44 bits per heavy atom. The number of benzene rings is 1. The van der Waals surface area contributed by atoms with Crippen molar-refractivity contribution in [2.24, 2.45) is 11.1 Å². The zero-order valence-electron chi connectivity index (χ0n) is 10.1. The summed E-state index contributed by atoms with van der Waals surface area (Å²) < 4.78 is 0. The van der Waals surface area contributed by atoms with E-state index in [0.29, 0.717) is 22.2 Å². The molecule has 3 N–H and O–H groups in total. The van der Waals surface area contributed by atoms with Crippen molar-refractivity contribution in [3.63, 3.8) is 0 Å². The lowest BCUT2D eigenvalue weighted by molar-refractivity contribution is -0.121. The van der Waals surface area contributed by atoms with Crippen LogP contribution in [0.1, 0.15) is 20.3 Å². The lowest BCUT2D eigenvalue weighted by atomic mass is 9.86. The molecule has 0 radical (unpaired) electrons. The fraction of sp³-hybridized carbons (Fsp3) is 0.333. The molecule has 0 bridgehead atoms. The van der Waals surface area contributed by atoms with Gasteiger partial charge < -0.3 is 11.1 Å². The fourth-order valence-corrected chi connectivity index (χ4v) is 1.82. The number of hydrogen-bond acceptors (Lipinski definition) is 2. The molecule has 0 heterocycles. The van der Waals surface area contributed by atoms with Gasteiger partial charge in [-0.2, -0.15) is 0 Å². The molecule has 98 valence electrons. The van der Waals surface area contributed by atoms with E-state index in [9.17, 15) is 4.79 Å². The maximum Gasteiger partial charge on any atom is 0.237 e. The van der Waals surface area contributed by atoms with Gasteiger partial charge in [-0.05, 0) is 31.5 Å². The zero-order chi connectivity index (χ0) is 13.9. The predicted octanol–water partition coefficient (Wildman–Crippen LogP) is 3.63. The van der Waals surface area contributed by atoms with Crippen LogP contribution in [0.2, 0.25) is 10.0 Å². The first-order chi connectivity index (χ1) is 8.31. The highest BCUT2D eigenvalue weighted by atomic mass is 35.5. The summed E-state index contributed by atoms with van der Waals surface area (Å²) in [5.74, 6) is -0.254. The number of carbonyl (C=O) groups is 1. The number of thiocarbonyl (C=S) groups is 1. The smallest absolute Gasteiger partial charge is 0.237 e. The largest absolute Gasteiger partial charge is 0.392 e. The number of hydrogen-bond donors (Lipinski definition) is 2. The van der Waals surface area contributed by atoms with E-state index < -0.39 is 5.41 Å². The van der Waals surface area contributed by atoms with Crippen LogP contribution >= 0.6 is 35.4 Å². The molecule has 0 saturated carbocycles. The third kappa shape index (κ3) is 3.13.